The fourth-order valence-corrected chi connectivity index (χ4v) is 3.03. The zero-order valence-corrected chi connectivity index (χ0v) is 14.7. The number of ether oxygens (including phenoxy) is 1. The van der Waals surface area contributed by atoms with Crippen LogP contribution in [0.4, 0.5) is 10.1 Å². The van der Waals surface area contributed by atoms with Gasteiger partial charge in [-0.05, 0) is 24.3 Å². The van der Waals surface area contributed by atoms with Gasteiger partial charge < -0.3 is 14.1 Å². The van der Waals surface area contributed by atoms with Crippen LogP contribution < -0.4 is 4.90 Å². The number of para-hydroxylation sites is 1. The highest BCUT2D eigenvalue weighted by atomic mass is 19.1. The minimum absolute atomic E-state index is 0.0355. The first kappa shape index (κ1) is 17.8. The summed E-state index contributed by atoms with van der Waals surface area (Å²) in [6, 6.07) is 15.2. The summed E-state index contributed by atoms with van der Waals surface area (Å²) < 4.78 is 24.6. The van der Waals surface area contributed by atoms with Crippen molar-refractivity contribution in [3.05, 3.63) is 66.3 Å². The Labute approximate surface area is 159 Å². The van der Waals surface area contributed by atoms with E-state index in [2.05, 4.69) is 10.2 Å². The van der Waals surface area contributed by atoms with E-state index < -0.39 is 17.7 Å². The quantitative estimate of drug-likeness (QED) is 0.632. The average Bonchev–Trinajstić information content (AvgIpc) is 3.34. The maximum atomic E-state index is 13.9. The molecule has 0 bridgehead atoms. The Morgan fingerprint density at radius 3 is 2.68 bits per heavy atom. The van der Waals surface area contributed by atoms with Gasteiger partial charge in [-0.25, -0.2) is 4.39 Å². The number of esters is 1. The Balaban J connectivity index is 1.37. The Hall–Kier alpha value is -3.55. The minimum atomic E-state index is -0.677. The fraction of sp³-hybridized carbons (Fsp3) is 0.200. The molecule has 7 nitrogen and oxygen atoms in total. The largest absolute Gasteiger partial charge is 0.455 e. The van der Waals surface area contributed by atoms with Gasteiger partial charge >= 0.3 is 5.97 Å². The first-order valence-corrected chi connectivity index (χ1v) is 8.71. The highest BCUT2D eigenvalue weighted by Gasteiger charge is 2.37. The van der Waals surface area contributed by atoms with E-state index >= 15 is 0 Å². The maximum Gasteiger partial charge on any atom is 0.311 e. The van der Waals surface area contributed by atoms with Gasteiger partial charge in [-0.15, -0.1) is 10.2 Å². The first-order chi connectivity index (χ1) is 13.6. The molecular formula is C20H16FN3O4. The van der Waals surface area contributed by atoms with Gasteiger partial charge in [0.15, 0.2) is 6.61 Å². The Bertz CT molecular complexity index is 1010. The number of anilines is 1. The topological polar surface area (TPSA) is 85.5 Å². The molecule has 1 atom stereocenters. The molecule has 142 valence electrons. The fourth-order valence-electron chi connectivity index (χ4n) is 3.03. The molecule has 0 unspecified atom stereocenters. The van der Waals surface area contributed by atoms with E-state index in [1.165, 1.54) is 17.0 Å². The van der Waals surface area contributed by atoms with Gasteiger partial charge in [-0.1, -0.05) is 30.3 Å². The third kappa shape index (κ3) is 3.62. The second-order valence-corrected chi connectivity index (χ2v) is 6.33. The van der Waals surface area contributed by atoms with Gasteiger partial charge in [0, 0.05) is 18.5 Å². The van der Waals surface area contributed by atoms with Crippen LogP contribution in [0.15, 0.2) is 59.0 Å². The van der Waals surface area contributed by atoms with Gasteiger partial charge in [0.05, 0.1) is 11.6 Å². The molecule has 1 aliphatic rings. The zero-order valence-electron chi connectivity index (χ0n) is 14.7. The number of hydrogen-bond acceptors (Lipinski definition) is 6. The second kappa shape index (κ2) is 7.59. The molecule has 28 heavy (non-hydrogen) atoms. The number of carbonyl (C=O) groups is 2. The van der Waals surface area contributed by atoms with Gasteiger partial charge in [0.1, 0.15) is 5.82 Å². The molecule has 4 rings (SSSR count). The van der Waals surface area contributed by atoms with Gasteiger partial charge in [0.2, 0.25) is 11.8 Å². The van der Waals surface area contributed by atoms with Crippen LogP contribution in [0, 0.1) is 11.7 Å². The molecule has 0 saturated carbocycles. The molecule has 0 spiro atoms. The lowest BCUT2D eigenvalue weighted by atomic mass is 10.1. The number of carbonyl (C=O) groups excluding carboxylic acids is 2. The minimum Gasteiger partial charge on any atom is -0.455 e. The van der Waals surface area contributed by atoms with Gasteiger partial charge in [0.25, 0.3) is 5.89 Å². The summed E-state index contributed by atoms with van der Waals surface area (Å²) in [6.07, 6.45) is -0.0355. The van der Waals surface area contributed by atoms with Crippen LogP contribution >= 0.6 is 0 Å². The number of hydrogen-bond donors (Lipinski definition) is 0. The molecule has 1 fully saturated rings. The van der Waals surface area contributed by atoms with Crippen LogP contribution in [0.25, 0.3) is 11.5 Å². The van der Waals surface area contributed by atoms with Crippen molar-refractivity contribution in [3.8, 4) is 11.5 Å². The molecule has 8 heteroatoms. The summed E-state index contributed by atoms with van der Waals surface area (Å²) in [5, 5.41) is 7.78. The summed E-state index contributed by atoms with van der Waals surface area (Å²) in [7, 11) is 0. The van der Waals surface area contributed by atoms with Crippen LogP contribution in [0.2, 0.25) is 0 Å². The van der Waals surface area contributed by atoms with Crippen molar-refractivity contribution in [1.29, 1.82) is 0 Å². The summed E-state index contributed by atoms with van der Waals surface area (Å²) in [5.74, 6) is -1.59. The summed E-state index contributed by atoms with van der Waals surface area (Å²) in [4.78, 5) is 25.8. The van der Waals surface area contributed by atoms with E-state index in [0.29, 0.717) is 5.89 Å². The number of amides is 1. The molecule has 0 N–H and O–H groups in total. The number of benzene rings is 2. The van der Waals surface area contributed by atoms with E-state index in [9.17, 15) is 14.0 Å². The SMILES string of the molecule is O=C(OCc1nnc(-c2ccccc2)o1)[C@@H]1CC(=O)N(c2ccccc2F)C1. The van der Waals surface area contributed by atoms with Crippen molar-refractivity contribution >= 4 is 17.6 Å². The van der Waals surface area contributed by atoms with E-state index in [0.717, 1.165) is 5.56 Å². The summed E-state index contributed by atoms with van der Waals surface area (Å²) in [6.45, 7) is -0.124. The third-order valence-electron chi connectivity index (χ3n) is 4.43. The van der Waals surface area contributed by atoms with Crippen molar-refractivity contribution in [2.24, 2.45) is 5.92 Å². The molecule has 2 aromatic carbocycles. The monoisotopic (exact) mass is 381 g/mol. The van der Waals surface area contributed by atoms with Crippen molar-refractivity contribution in [2.45, 2.75) is 13.0 Å². The van der Waals surface area contributed by atoms with E-state index in [1.54, 1.807) is 12.1 Å². The Kier molecular flexibility index (Phi) is 4.84. The molecule has 0 radical (unpaired) electrons. The zero-order chi connectivity index (χ0) is 19.5. The van der Waals surface area contributed by atoms with Gasteiger partial charge in [-0.3, -0.25) is 9.59 Å². The lowest BCUT2D eigenvalue weighted by Gasteiger charge is -2.16. The van der Waals surface area contributed by atoms with E-state index in [4.69, 9.17) is 9.15 Å². The lowest BCUT2D eigenvalue weighted by molar-refractivity contribution is -0.150. The molecule has 0 aliphatic carbocycles. The van der Waals surface area contributed by atoms with Crippen LogP contribution in [-0.2, 0) is 20.9 Å². The number of nitrogens with zero attached hydrogens (tertiary/aromatic N) is 3. The van der Waals surface area contributed by atoms with Crippen molar-refractivity contribution in [1.82, 2.24) is 10.2 Å². The van der Waals surface area contributed by atoms with Crippen LogP contribution in [-0.4, -0.2) is 28.6 Å². The molecule has 1 aromatic heterocycles. The summed E-state index contributed by atoms with van der Waals surface area (Å²) in [5.41, 5.74) is 0.918. The van der Waals surface area contributed by atoms with Crippen LogP contribution in [0.5, 0.6) is 0 Å². The Morgan fingerprint density at radius 2 is 1.89 bits per heavy atom. The average molecular weight is 381 g/mol. The number of halogens is 1. The predicted octanol–water partition coefficient (Wildman–Crippen LogP) is 2.97. The normalized spacial score (nSPS) is 16.4. The third-order valence-corrected chi connectivity index (χ3v) is 4.43. The second-order valence-electron chi connectivity index (χ2n) is 6.33. The molecule has 2 heterocycles. The molecule has 1 saturated heterocycles. The predicted molar refractivity (Wildman–Crippen MR) is 96.4 cm³/mol. The highest BCUT2D eigenvalue weighted by molar-refractivity contribution is 5.99. The van der Waals surface area contributed by atoms with Crippen molar-refractivity contribution in [2.75, 3.05) is 11.4 Å². The van der Waals surface area contributed by atoms with Crippen LogP contribution in [0.1, 0.15) is 12.3 Å². The number of aromatic nitrogens is 2. The smallest absolute Gasteiger partial charge is 0.311 e. The molecule has 1 aliphatic heterocycles. The lowest BCUT2D eigenvalue weighted by Crippen LogP contribution is -2.27. The maximum absolute atomic E-state index is 13.9. The standard InChI is InChI=1S/C20H16FN3O4/c21-15-8-4-5-9-16(15)24-11-14(10-18(24)25)20(26)27-12-17-22-23-19(28-17)13-6-2-1-3-7-13/h1-9,14H,10-12H2/t14-/m1/s1. The summed E-state index contributed by atoms with van der Waals surface area (Å²) >= 11 is 0. The highest BCUT2D eigenvalue weighted by Crippen LogP contribution is 2.28. The van der Waals surface area contributed by atoms with Crippen molar-refractivity contribution < 1.29 is 23.1 Å². The number of rotatable bonds is 5. The first-order valence-electron chi connectivity index (χ1n) is 8.71. The molecule has 3 aromatic rings. The van der Waals surface area contributed by atoms with Crippen LogP contribution in [0.3, 0.4) is 0 Å². The van der Waals surface area contributed by atoms with Gasteiger partial charge in [-0.2, -0.15) is 0 Å². The van der Waals surface area contributed by atoms with Crippen molar-refractivity contribution in [3.63, 3.8) is 0 Å². The molecular weight excluding hydrogens is 365 g/mol. The molecule has 1 amide bonds. The Morgan fingerprint density at radius 1 is 1.14 bits per heavy atom. The van der Waals surface area contributed by atoms with E-state index in [-0.39, 0.29) is 37.1 Å². The van der Waals surface area contributed by atoms with E-state index in [1.807, 2.05) is 30.3 Å².